The molecule has 2 aromatic rings. The lowest BCUT2D eigenvalue weighted by Gasteiger charge is -2.15. The molecule has 0 bridgehead atoms. The molecule has 1 N–H and O–H groups in total. The van der Waals surface area contributed by atoms with Gasteiger partial charge in [0.05, 0.1) is 12.3 Å². The van der Waals surface area contributed by atoms with Crippen molar-refractivity contribution in [3.63, 3.8) is 0 Å². The summed E-state index contributed by atoms with van der Waals surface area (Å²) in [4.78, 5) is 4.25. The number of nitrogens with zero attached hydrogens (tertiary/aromatic N) is 2. The molecule has 0 fully saturated rings. The summed E-state index contributed by atoms with van der Waals surface area (Å²) in [5.41, 5.74) is 2.92. The smallest absolute Gasteiger partial charge is 0.392 e. The number of aromatic nitrogens is 1. The summed E-state index contributed by atoms with van der Waals surface area (Å²) in [6, 6.07) is 10.4. The number of allylic oxidation sites excluding steroid dienone is 2. The first-order chi connectivity index (χ1) is 10.7. The van der Waals surface area contributed by atoms with Crippen molar-refractivity contribution in [1.29, 1.82) is 0 Å². The molecule has 0 radical (unpaired) electrons. The Morgan fingerprint density at radius 1 is 1.18 bits per heavy atom. The van der Waals surface area contributed by atoms with E-state index in [0.29, 0.717) is 28.1 Å². The second-order valence-corrected chi connectivity index (χ2v) is 4.79. The summed E-state index contributed by atoms with van der Waals surface area (Å²) in [6.07, 6.45) is 6.48. The Hall–Kier alpha value is -2.47. The van der Waals surface area contributed by atoms with Crippen LogP contribution in [0.3, 0.4) is 0 Å². The van der Waals surface area contributed by atoms with E-state index in [9.17, 15) is 13.7 Å². The van der Waals surface area contributed by atoms with Gasteiger partial charge in [-0.15, -0.1) is 0 Å². The highest BCUT2D eigenvalue weighted by atomic mass is 19.2. The lowest BCUT2D eigenvalue weighted by Crippen LogP contribution is -2.15. The van der Waals surface area contributed by atoms with Crippen molar-refractivity contribution < 1.29 is 13.7 Å². The molecule has 1 aromatic carbocycles. The molecule has 0 saturated heterocycles. The fourth-order valence-corrected chi connectivity index (χ4v) is 2.53. The molecule has 0 spiro atoms. The molecule has 0 unspecified atom stereocenters. The van der Waals surface area contributed by atoms with E-state index in [2.05, 4.69) is 4.99 Å². The molecular weight excluding hydrogens is 285 g/mol. The maximum atomic E-state index is 13.2. The van der Waals surface area contributed by atoms with E-state index in [1.54, 1.807) is 48.7 Å². The second kappa shape index (κ2) is 6.11. The van der Waals surface area contributed by atoms with Crippen molar-refractivity contribution in [2.24, 2.45) is 4.99 Å². The number of benzene rings is 1. The predicted octanol–water partition coefficient (Wildman–Crippen LogP) is 3.15. The van der Waals surface area contributed by atoms with Crippen molar-refractivity contribution >= 4 is 19.2 Å². The average molecular weight is 298 g/mol. The molecule has 1 aliphatic heterocycles. The van der Waals surface area contributed by atoms with Crippen LogP contribution in [0.25, 0.3) is 5.57 Å². The minimum absolute atomic E-state index is 0.171. The van der Waals surface area contributed by atoms with E-state index in [1.807, 2.05) is 6.07 Å². The second-order valence-electron chi connectivity index (χ2n) is 4.79. The Morgan fingerprint density at radius 2 is 2.00 bits per heavy atom. The van der Waals surface area contributed by atoms with Gasteiger partial charge in [-0.05, 0) is 41.6 Å². The third kappa shape index (κ3) is 2.53. The van der Waals surface area contributed by atoms with Crippen molar-refractivity contribution in [2.75, 3.05) is 0 Å². The number of aliphatic hydroxyl groups excluding tert-OH is 1. The third-order valence-corrected chi connectivity index (χ3v) is 3.51. The molecule has 110 valence electrons. The first-order valence-corrected chi connectivity index (χ1v) is 6.82. The summed E-state index contributed by atoms with van der Waals surface area (Å²) in [5, 5.41) is 9.55. The van der Waals surface area contributed by atoms with Gasteiger partial charge in [-0.3, -0.25) is 13.6 Å². The molecular formula is C16H13BF2N2O. The molecule has 0 atom stereocenters. The summed E-state index contributed by atoms with van der Waals surface area (Å²) in [7, 11) is -2.64. The highest BCUT2D eigenvalue weighted by Crippen LogP contribution is 2.32. The van der Waals surface area contributed by atoms with E-state index >= 15 is 0 Å². The number of aliphatic imine (C=N–C) groups is 1. The van der Waals surface area contributed by atoms with Crippen LogP contribution in [0.1, 0.15) is 16.8 Å². The molecule has 3 nitrogen and oxygen atoms in total. The van der Waals surface area contributed by atoms with Crippen LogP contribution in [0.4, 0.5) is 8.63 Å². The van der Waals surface area contributed by atoms with Crippen LogP contribution in [-0.4, -0.2) is 23.2 Å². The number of halogens is 2. The Balaban J connectivity index is 2.27. The van der Waals surface area contributed by atoms with Gasteiger partial charge < -0.3 is 9.58 Å². The van der Waals surface area contributed by atoms with E-state index in [0.717, 1.165) is 4.48 Å². The van der Waals surface area contributed by atoms with Crippen LogP contribution in [0.2, 0.25) is 0 Å². The third-order valence-electron chi connectivity index (χ3n) is 3.51. The van der Waals surface area contributed by atoms with Crippen molar-refractivity contribution in [1.82, 2.24) is 4.48 Å². The molecule has 0 amide bonds. The largest absolute Gasteiger partial charge is 0.677 e. The van der Waals surface area contributed by atoms with Crippen LogP contribution in [0.15, 0.2) is 65.4 Å². The molecule has 0 aliphatic carbocycles. The Bertz CT molecular complexity index is 764. The van der Waals surface area contributed by atoms with Gasteiger partial charge in [-0.1, -0.05) is 24.3 Å². The van der Waals surface area contributed by atoms with Crippen molar-refractivity contribution in [3.8, 4) is 0 Å². The van der Waals surface area contributed by atoms with Gasteiger partial charge in [0.15, 0.2) is 0 Å². The number of hydrogen-bond acceptors (Lipinski definition) is 2. The summed E-state index contributed by atoms with van der Waals surface area (Å²) >= 11 is 0. The van der Waals surface area contributed by atoms with Crippen LogP contribution < -0.4 is 0 Å². The Morgan fingerprint density at radius 3 is 2.68 bits per heavy atom. The average Bonchev–Trinajstić information content (AvgIpc) is 3.20. The van der Waals surface area contributed by atoms with Crippen molar-refractivity contribution in [3.05, 3.63) is 77.3 Å². The maximum Gasteiger partial charge on any atom is 0.677 e. The van der Waals surface area contributed by atoms with Gasteiger partial charge in [0, 0.05) is 17.5 Å². The fourth-order valence-electron chi connectivity index (χ4n) is 2.53. The van der Waals surface area contributed by atoms with Gasteiger partial charge in [0.2, 0.25) is 0 Å². The lowest BCUT2D eigenvalue weighted by atomic mass is 9.94. The number of hydrogen-bond donors (Lipinski definition) is 1. The van der Waals surface area contributed by atoms with Gasteiger partial charge >= 0.3 is 7.40 Å². The first-order valence-electron chi connectivity index (χ1n) is 6.82. The van der Waals surface area contributed by atoms with Gasteiger partial charge in [0.1, 0.15) is 0 Å². The van der Waals surface area contributed by atoms with Crippen LogP contribution in [0, 0.1) is 0 Å². The summed E-state index contributed by atoms with van der Waals surface area (Å²) < 4.78 is 27.4. The van der Waals surface area contributed by atoms with E-state index < -0.39 is 7.40 Å². The topological polar surface area (TPSA) is 37.5 Å². The zero-order valence-electron chi connectivity index (χ0n) is 11.7. The molecule has 3 rings (SSSR count). The summed E-state index contributed by atoms with van der Waals surface area (Å²) in [5.74, 6) is 0. The highest BCUT2D eigenvalue weighted by molar-refractivity contribution is 6.41. The first kappa shape index (κ1) is 14.5. The molecule has 0 saturated carbocycles. The van der Waals surface area contributed by atoms with Gasteiger partial charge in [-0.2, -0.15) is 0 Å². The number of aliphatic hydroxyl groups is 1. The maximum absolute atomic E-state index is 13.2. The van der Waals surface area contributed by atoms with E-state index in [4.69, 9.17) is 0 Å². The Kier molecular flexibility index (Phi) is 4.02. The van der Waals surface area contributed by atoms with Crippen molar-refractivity contribution in [2.45, 2.75) is 6.61 Å². The normalized spacial score (nSPS) is 15.4. The summed E-state index contributed by atoms with van der Waals surface area (Å²) in [6.45, 7) is -0.171. The zero-order chi connectivity index (χ0) is 15.5. The monoisotopic (exact) mass is 298 g/mol. The predicted molar refractivity (Wildman–Crippen MR) is 83.8 cm³/mol. The highest BCUT2D eigenvalue weighted by Gasteiger charge is 2.24. The molecule has 2 heterocycles. The quantitative estimate of drug-likeness (QED) is 0.865. The SMILES string of the molecule is OCc1ccccc1/C(=C1\C=CC=N1)c1cccn1B(F)F. The lowest BCUT2D eigenvalue weighted by molar-refractivity contribution is 0.281. The van der Waals surface area contributed by atoms with E-state index in [-0.39, 0.29) is 6.61 Å². The molecule has 1 aliphatic rings. The fraction of sp³-hybridized carbons (Fsp3) is 0.0625. The molecule has 6 heteroatoms. The van der Waals surface area contributed by atoms with Crippen LogP contribution >= 0.6 is 0 Å². The van der Waals surface area contributed by atoms with E-state index in [1.165, 1.54) is 6.20 Å². The number of rotatable bonds is 4. The zero-order valence-corrected chi connectivity index (χ0v) is 11.7. The standard InChI is InChI=1S/C16H13BF2N2O/c18-17(19)21-10-4-8-15(21)16(14-7-3-9-20-14)13-6-2-1-5-12(13)11-22/h1-10,22H,11H2/b16-14-. The molecule has 1 aromatic heterocycles. The minimum Gasteiger partial charge on any atom is -0.392 e. The van der Waals surface area contributed by atoms with Gasteiger partial charge in [0.25, 0.3) is 0 Å². The van der Waals surface area contributed by atoms with Gasteiger partial charge in [-0.25, -0.2) is 0 Å². The van der Waals surface area contributed by atoms with Crippen LogP contribution in [-0.2, 0) is 6.61 Å². The van der Waals surface area contributed by atoms with Crippen LogP contribution in [0.5, 0.6) is 0 Å². The Labute approximate surface area is 127 Å². The molecule has 22 heavy (non-hydrogen) atoms. The minimum atomic E-state index is -2.64.